The number of carbonyl (C=O) groups is 1. The predicted molar refractivity (Wildman–Crippen MR) is 79.3 cm³/mol. The Morgan fingerprint density at radius 3 is 2.84 bits per heavy atom. The molecule has 0 aliphatic heterocycles. The Labute approximate surface area is 118 Å². The number of carbonyl (C=O) groups excluding carboxylic acids is 1. The number of likely N-dealkylation sites (N-methyl/N-ethyl adjacent to an activating group) is 1. The molecule has 0 heterocycles. The smallest absolute Gasteiger partial charge is 0.238 e. The highest BCUT2D eigenvalue weighted by atomic mass is 35.5. The standard InChI is InChI=1S/C14H20ClN3O/c1-9-5-10(9)7-18(2)8-14(19)17-13-4-3-11(15)6-12(13)16/h3-4,6,9-10H,5,7-8,16H2,1-2H3,(H,17,19). The summed E-state index contributed by atoms with van der Waals surface area (Å²) < 4.78 is 0. The third-order valence-corrected chi connectivity index (χ3v) is 3.76. The molecule has 0 spiro atoms. The fourth-order valence-electron chi connectivity index (χ4n) is 2.20. The molecular formula is C14H20ClN3O. The molecule has 4 nitrogen and oxygen atoms in total. The van der Waals surface area contributed by atoms with Gasteiger partial charge in [-0.3, -0.25) is 9.69 Å². The molecule has 5 heteroatoms. The molecular weight excluding hydrogens is 262 g/mol. The fourth-order valence-corrected chi connectivity index (χ4v) is 2.38. The van der Waals surface area contributed by atoms with Crippen LogP contribution in [-0.2, 0) is 4.79 Å². The summed E-state index contributed by atoms with van der Waals surface area (Å²) in [5.41, 5.74) is 6.90. The topological polar surface area (TPSA) is 58.4 Å². The Hall–Kier alpha value is -1.26. The number of rotatable bonds is 5. The van der Waals surface area contributed by atoms with E-state index in [1.54, 1.807) is 18.2 Å². The van der Waals surface area contributed by atoms with Crippen LogP contribution in [0.2, 0.25) is 5.02 Å². The maximum atomic E-state index is 11.9. The first-order chi connectivity index (χ1) is 8.95. The van der Waals surface area contributed by atoms with Crippen molar-refractivity contribution in [2.45, 2.75) is 13.3 Å². The van der Waals surface area contributed by atoms with Gasteiger partial charge in [0, 0.05) is 11.6 Å². The first-order valence-electron chi connectivity index (χ1n) is 6.49. The van der Waals surface area contributed by atoms with Crippen LogP contribution in [0.4, 0.5) is 11.4 Å². The molecule has 1 amide bonds. The second kappa shape index (κ2) is 5.80. The number of hydrogen-bond acceptors (Lipinski definition) is 3. The number of amides is 1. The molecule has 0 bridgehead atoms. The third-order valence-electron chi connectivity index (χ3n) is 3.52. The lowest BCUT2D eigenvalue weighted by atomic mass is 10.2. The zero-order valence-corrected chi connectivity index (χ0v) is 12.1. The van der Waals surface area contributed by atoms with E-state index in [2.05, 4.69) is 17.1 Å². The normalized spacial score (nSPS) is 21.5. The Bertz CT molecular complexity index is 478. The summed E-state index contributed by atoms with van der Waals surface area (Å²) in [7, 11) is 1.97. The highest BCUT2D eigenvalue weighted by Gasteiger charge is 2.33. The van der Waals surface area contributed by atoms with Crippen molar-refractivity contribution in [2.24, 2.45) is 11.8 Å². The van der Waals surface area contributed by atoms with E-state index in [0.29, 0.717) is 22.9 Å². The lowest BCUT2D eigenvalue weighted by molar-refractivity contribution is -0.117. The Morgan fingerprint density at radius 2 is 2.26 bits per heavy atom. The fraction of sp³-hybridized carbons (Fsp3) is 0.500. The summed E-state index contributed by atoms with van der Waals surface area (Å²) in [4.78, 5) is 14.0. The van der Waals surface area contributed by atoms with Gasteiger partial charge in [-0.25, -0.2) is 0 Å². The molecule has 1 fully saturated rings. The predicted octanol–water partition coefficient (Wildman–Crippen LogP) is 2.45. The zero-order chi connectivity index (χ0) is 14.0. The Morgan fingerprint density at radius 1 is 1.58 bits per heavy atom. The number of nitrogen functional groups attached to an aromatic ring is 1. The molecule has 2 atom stereocenters. The summed E-state index contributed by atoms with van der Waals surface area (Å²) >= 11 is 5.81. The summed E-state index contributed by atoms with van der Waals surface area (Å²) in [6, 6.07) is 5.06. The third kappa shape index (κ3) is 4.11. The van der Waals surface area contributed by atoms with Gasteiger partial charge >= 0.3 is 0 Å². The number of nitrogens with one attached hydrogen (secondary N) is 1. The van der Waals surface area contributed by atoms with Gasteiger partial charge in [0.15, 0.2) is 0 Å². The van der Waals surface area contributed by atoms with Gasteiger partial charge in [-0.05, 0) is 43.5 Å². The van der Waals surface area contributed by atoms with E-state index in [9.17, 15) is 4.79 Å². The van der Waals surface area contributed by atoms with Crippen molar-refractivity contribution in [2.75, 3.05) is 31.2 Å². The van der Waals surface area contributed by atoms with Gasteiger partial charge in [-0.2, -0.15) is 0 Å². The van der Waals surface area contributed by atoms with Crippen LogP contribution in [0.1, 0.15) is 13.3 Å². The average Bonchev–Trinajstić information content (AvgIpc) is 2.98. The minimum absolute atomic E-state index is 0.0511. The van der Waals surface area contributed by atoms with E-state index in [1.165, 1.54) is 6.42 Å². The maximum Gasteiger partial charge on any atom is 0.238 e. The lowest BCUT2D eigenvalue weighted by Crippen LogP contribution is -2.32. The van der Waals surface area contributed by atoms with Crippen LogP contribution in [0.3, 0.4) is 0 Å². The largest absolute Gasteiger partial charge is 0.397 e. The molecule has 1 aromatic rings. The van der Waals surface area contributed by atoms with E-state index >= 15 is 0 Å². The molecule has 1 saturated carbocycles. The van der Waals surface area contributed by atoms with Crippen molar-refractivity contribution < 1.29 is 4.79 Å². The summed E-state index contributed by atoms with van der Waals surface area (Å²) in [6.07, 6.45) is 1.27. The summed E-state index contributed by atoms with van der Waals surface area (Å²) in [6.45, 7) is 3.60. The molecule has 19 heavy (non-hydrogen) atoms. The van der Waals surface area contributed by atoms with E-state index in [4.69, 9.17) is 17.3 Å². The van der Waals surface area contributed by atoms with Crippen LogP contribution in [0.25, 0.3) is 0 Å². The van der Waals surface area contributed by atoms with Gasteiger partial charge in [-0.1, -0.05) is 18.5 Å². The first-order valence-corrected chi connectivity index (χ1v) is 6.87. The minimum Gasteiger partial charge on any atom is -0.397 e. The van der Waals surface area contributed by atoms with Crippen LogP contribution < -0.4 is 11.1 Å². The van der Waals surface area contributed by atoms with E-state index in [1.807, 2.05) is 7.05 Å². The molecule has 1 aliphatic rings. The number of benzene rings is 1. The maximum absolute atomic E-state index is 11.9. The van der Waals surface area contributed by atoms with Crippen molar-refractivity contribution in [3.05, 3.63) is 23.2 Å². The van der Waals surface area contributed by atoms with Gasteiger partial charge < -0.3 is 11.1 Å². The summed E-state index contributed by atoms with van der Waals surface area (Å²) in [5, 5.41) is 3.37. The van der Waals surface area contributed by atoms with Crippen molar-refractivity contribution >= 4 is 28.9 Å². The van der Waals surface area contributed by atoms with Crippen LogP contribution in [0.5, 0.6) is 0 Å². The van der Waals surface area contributed by atoms with Crippen LogP contribution in [0, 0.1) is 11.8 Å². The molecule has 1 aliphatic carbocycles. The first kappa shape index (κ1) is 14.2. The number of anilines is 2. The Balaban J connectivity index is 1.83. The van der Waals surface area contributed by atoms with E-state index in [-0.39, 0.29) is 5.91 Å². The van der Waals surface area contributed by atoms with Gasteiger partial charge in [-0.15, -0.1) is 0 Å². The van der Waals surface area contributed by atoms with Crippen molar-refractivity contribution in [1.29, 1.82) is 0 Å². The average molecular weight is 282 g/mol. The number of nitrogens with two attached hydrogens (primary N) is 1. The highest BCUT2D eigenvalue weighted by Crippen LogP contribution is 2.37. The van der Waals surface area contributed by atoms with Crippen LogP contribution >= 0.6 is 11.6 Å². The van der Waals surface area contributed by atoms with E-state index in [0.717, 1.165) is 18.4 Å². The van der Waals surface area contributed by atoms with Crippen LogP contribution in [-0.4, -0.2) is 30.9 Å². The minimum atomic E-state index is -0.0511. The van der Waals surface area contributed by atoms with E-state index < -0.39 is 0 Å². The number of nitrogens with zero attached hydrogens (tertiary/aromatic N) is 1. The molecule has 2 rings (SSSR count). The Kier molecular flexibility index (Phi) is 4.32. The number of hydrogen-bond donors (Lipinski definition) is 2. The molecule has 2 unspecified atom stereocenters. The van der Waals surface area contributed by atoms with Crippen molar-refractivity contribution in [3.63, 3.8) is 0 Å². The SMILES string of the molecule is CC1CC1CN(C)CC(=O)Nc1ccc(Cl)cc1N. The number of halogens is 1. The molecule has 3 N–H and O–H groups in total. The van der Waals surface area contributed by atoms with Gasteiger partial charge in [0.05, 0.1) is 17.9 Å². The monoisotopic (exact) mass is 281 g/mol. The van der Waals surface area contributed by atoms with Gasteiger partial charge in [0.2, 0.25) is 5.91 Å². The molecule has 0 radical (unpaired) electrons. The van der Waals surface area contributed by atoms with Gasteiger partial charge in [0.1, 0.15) is 0 Å². The quantitative estimate of drug-likeness (QED) is 0.815. The highest BCUT2D eigenvalue weighted by molar-refractivity contribution is 6.31. The molecule has 104 valence electrons. The molecule has 0 aromatic heterocycles. The van der Waals surface area contributed by atoms with Gasteiger partial charge in [0.25, 0.3) is 0 Å². The summed E-state index contributed by atoms with van der Waals surface area (Å²) in [5.74, 6) is 1.50. The molecule has 0 saturated heterocycles. The molecule has 1 aromatic carbocycles. The lowest BCUT2D eigenvalue weighted by Gasteiger charge is -2.16. The second-order valence-electron chi connectivity index (χ2n) is 5.45. The van der Waals surface area contributed by atoms with Crippen LogP contribution in [0.15, 0.2) is 18.2 Å². The van der Waals surface area contributed by atoms with Crippen molar-refractivity contribution in [3.8, 4) is 0 Å². The van der Waals surface area contributed by atoms with Crippen molar-refractivity contribution in [1.82, 2.24) is 4.90 Å². The zero-order valence-electron chi connectivity index (χ0n) is 11.3. The second-order valence-corrected chi connectivity index (χ2v) is 5.89.